The summed E-state index contributed by atoms with van der Waals surface area (Å²) >= 11 is 0. The van der Waals surface area contributed by atoms with E-state index in [4.69, 9.17) is 11.1 Å². The van der Waals surface area contributed by atoms with Crippen molar-refractivity contribution < 1.29 is 26.3 Å². The number of fused-ring (bicyclic) bond motifs is 3. The van der Waals surface area contributed by atoms with E-state index in [1.165, 1.54) is 6.07 Å². The van der Waals surface area contributed by atoms with Gasteiger partial charge in [-0.1, -0.05) is 39.0 Å². The van der Waals surface area contributed by atoms with Crippen molar-refractivity contribution >= 4 is 22.4 Å². The summed E-state index contributed by atoms with van der Waals surface area (Å²) in [5.41, 5.74) is 3.99. The summed E-state index contributed by atoms with van der Waals surface area (Å²) < 4.78 is 80.7. The summed E-state index contributed by atoms with van der Waals surface area (Å²) in [5, 5.41) is 9.40. The SMILES string of the molecule is CC(C)(C)c1ccc2c3c(c(-c4cc(C(F)(F)F)cc(C(F)(F)F)c4)cc2c1)C(N)=NC3=N. The Bertz CT molecular complexity index is 1310. The van der Waals surface area contributed by atoms with Gasteiger partial charge in [-0.25, -0.2) is 4.99 Å². The van der Waals surface area contributed by atoms with Gasteiger partial charge in [0.1, 0.15) is 5.84 Å². The normalized spacial score (nSPS) is 14.6. The van der Waals surface area contributed by atoms with E-state index in [1.54, 1.807) is 6.07 Å². The van der Waals surface area contributed by atoms with Gasteiger partial charge in [0.05, 0.1) is 11.1 Å². The van der Waals surface area contributed by atoms with Crippen molar-refractivity contribution in [1.29, 1.82) is 5.41 Å². The van der Waals surface area contributed by atoms with Crippen molar-refractivity contribution in [3.8, 4) is 11.1 Å². The van der Waals surface area contributed by atoms with Crippen LogP contribution in [0, 0.1) is 5.41 Å². The number of hydrogen-bond acceptors (Lipinski definition) is 2. The van der Waals surface area contributed by atoms with Gasteiger partial charge in [-0.2, -0.15) is 26.3 Å². The van der Waals surface area contributed by atoms with Gasteiger partial charge in [0.15, 0.2) is 5.84 Å². The van der Waals surface area contributed by atoms with Crippen LogP contribution in [-0.2, 0) is 17.8 Å². The summed E-state index contributed by atoms with van der Waals surface area (Å²) in [4.78, 5) is 3.94. The number of hydrogen-bond donors (Lipinski definition) is 2. The molecule has 0 bridgehead atoms. The van der Waals surface area contributed by atoms with Gasteiger partial charge >= 0.3 is 12.4 Å². The number of amidine groups is 2. The topological polar surface area (TPSA) is 62.2 Å². The van der Waals surface area contributed by atoms with E-state index in [2.05, 4.69) is 4.99 Å². The van der Waals surface area contributed by atoms with Gasteiger partial charge in [-0.3, -0.25) is 5.41 Å². The van der Waals surface area contributed by atoms with Gasteiger partial charge < -0.3 is 5.73 Å². The van der Waals surface area contributed by atoms with Crippen LogP contribution in [0.25, 0.3) is 21.9 Å². The maximum Gasteiger partial charge on any atom is 0.416 e. The molecule has 0 unspecified atom stereocenters. The van der Waals surface area contributed by atoms with Crippen molar-refractivity contribution in [3.05, 3.63) is 70.3 Å². The third kappa shape index (κ3) is 3.96. The van der Waals surface area contributed by atoms with Crippen LogP contribution in [0.2, 0.25) is 0 Å². The molecule has 33 heavy (non-hydrogen) atoms. The molecule has 3 aromatic rings. The quantitative estimate of drug-likeness (QED) is 0.380. The Morgan fingerprint density at radius 2 is 1.33 bits per heavy atom. The molecule has 1 heterocycles. The molecule has 3 aromatic carbocycles. The largest absolute Gasteiger partial charge is 0.416 e. The predicted molar refractivity (Wildman–Crippen MR) is 116 cm³/mol. The molecule has 1 aliphatic rings. The molecular weight excluding hydrogens is 444 g/mol. The lowest BCUT2D eigenvalue weighted by atomic mass is 9.83. The highest BCUT2D eigenvalue weighted by atomic mass is 19.4. The van der Waals surface area contributed by atoms with E-state index in [0.29, 0.717) is 22.9 Å². The highest BCUT2D eigenvalue weighted by molar-refractivity contribution is 6.28. The van der Waals surface area contributed by atoms with Crippen LogP contribution in [0.5, 0.6) is 0 Å². The second-order valence-electron chi connectivity index (χ2n) is 9.00. The van der Waals surface area contributed by atoms with E-state index in [-0.39, 0.29) is 45.4 Å². The minimum atomic E-state index is -4.98. The molecule has 0 spiro atoms. The molecule has 0 radical (unpaired) electrons. The number of alkyl halides is 6. The Labute approximate surface area is 185 Å². The molecule has 0 aromatic heterocycles. The molecular formula is C24H19F6N3. The lowest BCUT2D eigenvalue weighted by Crippen LogP contribution is -2.14. The van der Waals surface area contributed by atoms with Crippen LogP contribution in [0.1, 0.15) is 48.6 Å². The van der Waals surface area contributed by atoms with Crippen molar-refractivity contribution in [1.82, 2.24) is 0 Å². The Hall–Kier alpha value is -3.36. The highest BCUT2D eigenvalue weighted by Crippen LogP contribution is 2.42. The van der Waals surface area contributed by atoms with Gasteiger partial charge in [-0.05, 0) is 57.1 Å². The van der Waals surface area contributed by atoms with E-state index < -0.39 is 23.5 Å². The minimum absolute atomic E-state index is 0.0589. The van der Waals surface area contributed by atoms with Gasteiger partial charge in [0.25, 0.3) is 0 Å². The molecule has 9 heteroatoms. The van der Waals surface area contributed by atoms with Crippen LogP contribution in [0.4, 0.5) is 26.3 Å². The summed E-state index contributed by atoms with van der Waals surface area (Å²) in [6, 6.07) is 8.39. The number of aliphatic imine (C=N–C) groups is 1. The van der Waals surface area contributed by atoms with Crippen LogP contribution in [0.3, 0.4) is 0 Å². The number of nitrogens with one attached hydrogen (secondary N) is 1. The minimum Gasteiger partial charge on any atom is -0.383 e. The third-order valence-corrected chi connectivity index (χ3v) is 5.63. The van der Waals surface area contributed by atoms with Crippen LogP contribution in [0.15, 0.2) is 47.5 Å². The zero-order chi connectivity index (χ0) is 24.5. The van der Waals surface area contributed by atoms with Crippen LogP contribution in [-0.4, -0.2) is 11.7 Å². The molecule has 0 atom stereocenters. The van der Waals surface area contributed by atoms with Gasteiger partial charge in [-0.15, -0.1) is 0 Å². The first-order valence-corrected chi connectivity index (χ1v) is 9.92. The number of rotatable bonds is 1. The third-order valence-electron chi connectivity index (χ3n) is 5.63. The average molecular weight is 463 g/mol. The van der Waals surface area contributed by atoms with Crippen molar-refractivity contribution in [3.63, 3.8) is 0 Å². The Morgan fingerprint density at radius 3 is 1.85 bits per heavy atom. The Kier molecular flexibility index (Phi) is 4.89. The second-order valence-corrected chi connectivity index (χ2v) is 9.00. The summed E-state index contributed by atoms with van der Waals surface area (Å²) in [6.45, 7) is 5.94. The molecule has 1 aliphatic heterocycles. The average Bonchev–Trinajstić information content (AvgIpc) is 2.99. The van der Waals surface area contributed by atoms with E-state index in [9.17, 15) is 26.3 Å². The van der Waals surface area contributed by atoms with Gasteiger partial charge in [0, 0.05) is 11.1 Å². The molecule has 4 rings (SSSR count). The summed E-state index contributed by atoms with van der Waals surface area (Å²) in [6.07, 6.45) is -9.97. The fourth-order valence-electron chi connectivity index (χ4n) is 3.96. The highest BCUT2D eigenvalue weighted by Gasteiger charge is 2.38. The van der Waals surface area contributed by atoms with Crippen LogP contribution >= 0.6 is 0 Å². The molecule has 0 amide bonds. The molecule has 0 aliphatic carbocycles. The Morgan fingerprint density at radius 1 is 0.758 bits per heavy atom. The lowest BCUT2D eigenvalue weighted by molar-refractivity contribution is -0.143. The zero-order valence-corrected chi connectivity index (χ0v) is 17.8. The zero-order valence-electron chi connectivity index (χ0n) is 17.8. The fourth-order valence-corrected chi connectivity index (χ4v) is 3.96. The first-order chi connectivity index (χ1) is 15.1. The van der Waals surface area contributed by atoms with Crippen molar-refractivity contribution in [2.75, 3.05) is 0 Å². The molecule has 172 valence electrons. The molecule has 3 N–H and O–H groups in total. The molecule has 0 saturated carbocycles. The van der Waals surface area contributed by atoms with E-state index in [1.807, 2.05) is 32.9 Å². The first kappa shape index (κ1) is 22.8. The maximum atomic E-state index is 13.5. The van der Waals surface area contributed by atoms with Gasteiger partial charge in [0.2, 0.25) is 0 Å². The van der Waals surface area contributed by atoms with Crippen molar-refractivity contribution in [2.24, 2.45) is 10.7 Å². The Balaban J connectivity index is 2.11. The fraction of sp³-hybridized carbons (Fsp3) is 0.250. The molecule has 0 fully saturated rings. The number of halogens is 6. The van der Waals surface area contributed by atoms with Crippen LogP contribution < -0.4 is 5.73 Å². The number of nitrogens with zero attached hydrogens (tertiary/aromatic N) is 1. The maximum absolute atomic E-state index is 13.5. The summed E-state index contributed by atoms with van der Waals surface area (Å²) in [7, 11) is 0. The van der Waals surface area contributed by atoms with Crippen molar-refractivity contribution in [2.45, 2.75) is 38.5 Å². The molecule has 3 nitrogen and oxygen atoms in total. The smallest absolute Gasteiger partial charge is 0.383 e. The number of nitrogens with two attached hydrogens (primary N) is 1. The first-order valence-electron chi connectivity index (χ1n) is 9.92. The second kappa shape index (κ2) is 7.07. The number of benzene rings is 3. The lowest BCUT2D eigenvalue weighted by Gasteiger charge is -2.21. The van der Waals surface area contributed by atoms with E-state index >= 15 is 0 Å². The monoisotopic (exact) mass is 463 g/mol. The predicted octanol–water partition coefficient (Wildman–Crippen LogP) is 6.89. The van der Waals surface area contributed by atoms with E-state index in [0.717, 1.165) is 5.56 Å². The molecule has 0 saturated heterocycles. The summed E-state index contributed by atoms with van der Waals surface area (Å²) in [5.74, 6) is -0.321. The standard InChI is InChI=1S/C24H19F6N3/c1-22(2,3)13-4-5-16-12(6-13)9-17(19-18(16)20(31)33-21(19)32)11-7-14(23(25,26)27)10-15(8-11)24(28,29)30/h4-10H,1-3H3,(H3,31,32,33).